The molecule has 0 saturated carbocycles. The van der Waals surface area contributed by atoms with E-state index in [0.717, 1.165) is 6.42 Å². The number of hydrogen-bond donors (Lipinski definition) is 1. The van der Waals surface area contributed by atoms with E-state index >= 15 is 0 Å². The van der Waals surface area contributed by atoms with Crippen molar-refractivity contribution in [3.63, 3.8) is 0 Å². The highest BCUT2D eigenvalue weighted by molar-refractivity contribution is 7.10. The second-order valence-electron chi connectivity index (χ2n) is 4.77. The summed E-state index contributed by atoms with van der Waals surface area (Å²) in [5, 5.41) is 15.4. The quantitative estimate of drug-likeness (QED) is 0.683. The summed E-state index contributed by atoms with van der Waals surface area (Å²) in [6.45, 7) is 1.30. The number of nitro benzene ring substituents is 1. The van der Waals surface area contributed by atoms with Gasteiger partial charge in [0.1, 0.15) is 0 Å². The highest BCUT2D eigenvalue weighted by Crippen LogP contribution is 2.24. The van der Waals surface area contributed by atoms with Gasteiger partial charge in [0, 0.05) is 35.8 Å². The minimum Gasteiger partial charge on any atom is -0.320 e. The Morgan fingerprint density at radius 2 is 2.05 bits per heavy atom. The Morgan fingerprint density at radius 1 is 1.29 bits per heavy atom. The number of rotatable bonds is 2. The largest absolute Gasteiger partial charge is 0.322 e. The first-order chi connectivity index (χ1) is 10.1. The van der Waals surface area contributed by atoms with E-state index in [1.807, 2.05) is 11.4 Å². The molecule has 1 aliphatic heterocycles. The van der Waals surface area contributed by atoms with Crippen molar-refractivity contribution in [2.75, 3.05) is 11.9 Å². The number of benzene rings is 1. The Balaban J connectivity index is 1.65. The molecule has 1 aromatic heterocycles. The molecule has 0 fully saturated rings. The second-order valence-corrected chi connectivity index (χ2v) is 5.78. The maximum Gasteiger partial charge on any atom is 0.322 e. The van der Waals surface area contributed by atoms with E-state index in [-0.39, 0.29) is 11.7 Å². The van der Waals surface area contributed by atoms with Gasteiger partial charge in [0.15, 0.2) is 0 Å². The Bertz CT molecular complexity index is 681. The zero-order valence-corrected chi connectivity index (χ0v) is 11.9. The molecule has 0 radical (unpaired) electrons. The van der Waals surface area contributed by atoms with Crippen molar-refractivity contribution in [1.29, 1.82) is 0 Å². The molecule has 1 aromatic carbocycles. The molecule has 108 valence electrons. The Morgan fingerprint density at radius 3 is 2.76 bits per heavy atom. The molecule has 0 bridgehead atoms. The van der Waals surface area contributed by atoms with Crippen LogP contribution in [0.2, 0.25) is 0 Å². The van der Waals surface area contributed by atoms with Gasteiger partial charge in [-0.3, -0.25) is 10.1 Å². The van der Waals surface area contributed by atoms with Gasteiger partial charge in [0.05, 0.1) is 4.92 Å². The van der Waals surface area contributed by atoms with Crippen molar-refractivity contribution in [2.45, 2.75) is 13.0 Å². The number of thiophene rings is 1. The molecular weight excluding hydrogens is 290 g/mol. The van der Waals surface area contributed by atoms with Crippen molar-refractivity contribution < 1.29 is 9.72 Å². The highest BCUT2D eigenvalue weighted by Gasteiger charge is 2.21. The summed E-state index contributed by atoms with van der Waals surface area (Å²) in [4.78, 5) is 25.4. The zero-order chi connectivity index (χ0) is 14.8. The van der Waals surface area contributed by atoms with E-state index in [1.165, 1.54) is 34.7 Å². The standard InChI is InChI=1S/C14H13N3O3S/c18-14(15-11-1-3-12(4-2-11)17(19)20)16-7-5-13-10(9-16)6-8-21-13/h1-4,6,8H,5,7,9H2,(H,15,18). The summed E-state index contributed by atoms with van der Waals surface area (Å²) in [5.74, 6) is 0. The van der Waals surface area contributed by atoms with E-state index in [9.17, 15) is 14.9 Å². The number of amides is 2. The van der Waals surface area contributed by atoms with Crippen molar-refractivity contribution in [2.24, 2.45) is 0 Å². The van der Waals surface area contributed by atoms with Crippen LogP contribution in [0.15, 0.2) is 35.7 Å². The first-order valence-corrected chi connectivity index (χ1v) is 7.37. The van der Waals surface area contributed by atoms with Gasteiger partial charge in [0.2, 0.25) is 0 Å². The lowest BCUT2D eigenvalue weighted by Gasteiger charge is -2.27. The number of hydrogen-bond acceptors (Lipinski definition) is 4. The molecule has 2 amide bonds. The van der Waals surface area contributed by atoms with Crippen LogP contribution in [-0.4, -0.2) is 22.4 Å². The second kappa shape index (κ2) is 5.53. The molecule has 21 heavy (non-hydrogen) atoms. The number of carbonyl (C=O) groups is 1. The zero-order valence-electron chi connectivity index (χ0n) is 11.1. The lowest BCUT2D eigenvalue weighted by molar-refractivity contribution is -0.384. The van der Waals surface area contributed by atoms with Crippen LogP contribution in [0.25, 0.3) is 0 Å². The van der Waals surface area contributed by atoms with Gasteiger partial charge >= 0.3 is 6.03 Å². The summed E-state index contributed by atoms with van der Waals surface area (Å²) in [7, 11) is 0. The molecule has 1 N–H and O–H groups in total. The molecule has 0 aliphatic carbocycles. The van der Waals surface area contributed by atoms with Gasteiger partial charge in [-0.05, 0) is 35.6 Å². The number of fused-ring (bicyclic) bond motifs is 1. The summed E-state index contributed by atoms with van der Waals surface area (Å²) in [5.41, 5.74) is 1.76. The summed E-state index contributed by atoms with van der Waals surface area (Å²) < 4.78 is 0. The molecule has 3 rings (SSSR count). The first-order valence-electron chi connectivity index (χ1n) is 6.49. The van der Waals surface area contributed by atoms with Crippen molar-refractivity contribution in [3.8, 4) is 0 Å². The molecule has 2 aromatic rings. The molecule has 0 spiro atoms. The summed E-state index contributed by atoms with van der Waals surface area (Å²) in [6.07, 6.45) is 0.876. The predicted octanol–water partition coefficient (Wildman–Crippen LogP) is 3.25. The molecule has 6 nitrogen and oxygen atoms in total. The fraction of sp³-hybridized carbons (Fsp3) is 0.214. The smallest absolute Gasteiger partial charge is 0.320 e. The normalized spacial score (nSPS) is 13.6. The van der Waals surface area contributed by atoms with Crippen LogP contribution in [0.1, 0.15) is 10.4 Å². The highest BCUT2D eigenvalue weighted by atomic mass is 32.1. The van der Waals surface area contributed by atoms with Gasteiger partial charge in [-0.2, -0.15) is 0 Å². The third kappa shape index (κ3) is 2.87. The predicted molar refractivity (Wildman–Crippen MR) is 80.5 cm³/mol. The molecule has 0 atom stereocenters. The molecule has 0 unspecified atom stereocenters. The maximum atomic E-state index is 12.2. The fourth-order valence-corrected chi connectivity index (χ4v) is 3.18. The number of anilines is 1. The fourth-order valence-electron chi connectivity index (χ4n) is 2.29. The van der Waals surface area contributed by atoms with Crippen molar-refractivity contribution in [1.82, 2.24) is 4.90 Å². The number of non-ortho nitro benzene ring substituents is 1. The van der Waals surface area contributed by atoms with Crippen molar-refractivity contribution in [3.05, 3.63) is 56.3 Å². The number of urea groups is 1. The minimum atomic E-state index is -0.464. The van der Waals surface area contributed by atoms with E-state index in [0.29, 0.717) is 18.8 Å². The number of carbonyl (C=O) groups excluding carboxylic acids is 1. The Hall–Kier alpha value is -2.41. The Labute approximate surface area is 125 Å². The SMILES string of the molecule is O=C(Nc1ccc([N+](=O)[O-])cc1)N1CCc2sccc2C1. The van der Waals surface area contributed by atoms with Crippen LogP contribution >= 0.6 is 11.3 Å². The van der Waals surface area contributed by atoms with Crippen LogP contribution in [0, 0.1) is 10.1 Å². The van der Waals surface area contributed by atoms with Crippen LogP contribution in [0.5, 0.6) is 0 Å². The molecule has 7 heteroatoms. The van der Waals surface area contributed by atoms with E-state index in [1.54, 1.807) is 16.2 Å². The van der Waals surface area contributed by atoms with Gasteiger partial charge in [-0.15, -0.1) is 11.3 Å². The lowest BCUT2D eigenvalue weighted by atomic mass is 10.1. The van der Waals surface area contributed by atoms with Crippen molar-refractivity contribution >= 4 is 28.7 Å². The van der Waals surface area contributed by atoms with E-state index < -0.39 is 4.92 Å². The van der Waals surface area contributed by atoms with E-state index in [4.69, 9.17) is 0 Å². The molecule has 0 saturated heterocycles. The maximum absolute atomic E-state index is 12.2. The third-order valence-electron chi connectivity index (χ3n) is 3.42. The average Bonchev–Trinajstić information content (AvgIpc) is 2.95. The van der Waals surface area contributed by atoms with Gasteiger partial charge in [-0.1, -0.05) is 0 Å². The monoisotopic (exact) mass is 303 g/mol. The lowest BCUT2D eigenvalue weighted by Crippen LogP contribution is -2.38. The Kier molecular flexibility index (Phi) is 3.57. The van der Waals surface area contributed by atoms with Gasteiger partial charge in [-0.25, -0.2) is 4.79 Å². The van der Waals surface area contributed by atoms with Crippen LogP contribution in [0.3, 0.4) is 0 Å². The minimum absolute atomic E-state index is 0.00823. The summed E-state index contributed by atoms with van der Waals surface area (Å²) in [6, 6.07) is 7.70. The number of nitrogens with zero attached hydrogens (tertiary/aromatic N) is 2. The van der Waals surface area contributed by atoms with Gasteiger partial charge in [0.25, 0.3) is 5.69 Å². The molecule has 1 aliphatic rings. The van der Waals surface area contributed by atoms with Crippen LogP contribution in [0.4, 0.5) is 16.2 Å². The van der Waals surface area contributed by atoms with Crippen LogP contribution < -0.4 is 5.32 Å². The third-order valence-corrected chi connectivity index (χ3v) is 4.45. The van der Waals surface area contributed by atoms with Crippen LogP contribution in [-0.2, 0) is 13.0 Å². The van der Waals surface area contributed by atoms with E-state index in [2.05, 4.69) is 5.32 Å². The number of nitrogens with one attached hydrogen (secondary N) is 1. The summed E-state index contributed by atoms with van der Waals surface area (Å²) >= 11 is 1.73. The number of nitro groups is 1. The average molecular weight is 303 g/mol. The topological polar surface area (TPSA) is 75.5 Å². The molecular formula is C14H13N3O3S. The van der Waals surface area contributed by atoms with Gasteiger partial charge < -0.3 is 10.2 Å². The first kappa shape index (κ1) is 13.6. The molecule has 2 heterocycles.